The Morgan fingerprint density at radius 3 is 2.00 bits per heavy atom. The third-order valence-electron chi connectivity index (χ3n) is 6.35. The second-order valence-electron chi connectivity index (χ2n) is 9.18. The summed E-state index contributed by atoms with van der Waals surface area (Å²) in [5, 5.41) is 0. The molecule has 2 rings (SSSR count). The van der Waals surface area contributed by atoms with E-state index in [-0.39, 0.29) is 5.97 Å². The number of nitrogens with zero attached hydrogens (tertiary/aromatic N) is 1. The van der Waals surface area contributed by atoms with Crippen molar-refractivity contribution in [1.82, 2.24) is 4.90 Å². The molecule has 0 saturated carbocycles. The molecule has 0 radical (unpaired) electrons. The molecular weight excluding hydrogens is 418 g/mol. The molecule has 0 N–H and O–H groups in total. The third-order valence-corrected chi connectivity index (χ3v) is 6.35. The number of hydrogen-bond donors (Lipinski definition) is 0. The highest BCUT2D eigenvalue weighted by Crippen LogP contribution is 2.21. The molecule has 1 aliphatic heterocycles. The number of rotatable bonds is 20. The smallest absolute Gasteiger partial charge is 0.345 e. The van der Waals surface area contributed by atoms with E-state index in [0.29, 0.717) is 24.5 Å². The van der Waals surface area contributed by atoms with E-state index in [4.69, 9.17) is 18.6 Å². The Kier molecular flexibility index (Phi) is 15.8. The molecular formula is C27H47NO5. The predicted molar refractivity (Wildman–Crippen MR) is 132 cm³/mol. The molecule has 0 unspecified atom stereocenters. The van der Waals surface area contributed by atoms with Crippen LogP contribution in [0, 0.1) is 0 Å². The monoisotopic (exact) mass is 465 g/mol. The van der Waals surface area contributed by atoms with Crippen LogP contribution in [0.5, 0.6) is 5.75 Å². The highest BCUT2D eigenvalue weighted by atomic mass is 16.5. The van der Waals surface area contributed by atoms with Gasteiger partial charge in [-0.2, -0.15) is 0 Å². The minimum absolute atomic E-state index is 0.364. The van der Waals surface area contributed by atoms with Crippen molar-refractivity contribution in [1.29, 1.82) is 0 Å². The summed E-state index contributed by atoms with van der Waals surface area (Å²) < 4.78 is 21.7. The Morgan fingerprint density at radius 2 is 1.39 bits per heavy atom. The van der Waals surface area contributed by atoms with E-state index in [1.807, 2.05) is 0 Å². The van der Waals surface area contributed by atoms with Crippen LogP contribution in [-0.4, -0.2) is 56.9 Å². The Hall–Kier alpha value is -1.53. The maximum Gasteiger partial charge on any atom is 0.345 e. The zero-order chi connectivity index (χ0) is 23.4. The lowest BCUT2D eigenvalue weighted by atomic mass is 10.0. The van der Waals surface area contributed by atoms with Crippen molar-refractivity contribution in [3.05, 3.63) is 18.1 Å². The SMILES string of the molecule is CCCCCCCCCCCCCCCCOc1cocc1C(=O)OCCN1CCOCC1. The standard InChI is InChI=1S/C27H47NO5/c1-2-3-4-5-6-7-8-9-10-11-12-13-14-15-19-32-26-24-31-23-25(26)27(29)33-22-18-28-16-20-30-21-17-28/h23-24H,2-22H2,1H3. The summed E-state index contributed by atoms with van der Waals surface area (Å²) in [5.74, 6) is 0.106. The molecule has 0 amide bonds. The van der Waals surface area contributed by atoms with Crippen LogP contribution >= 0.6 is 0 Å². The number of hydrogen-bond acceptors (Lipinski definition) is 6. The summed E-state index contributed by atoms with van der Waals surface area (Å²) in [6, 6.07) is 0. The highest BCUT2D eigenvalue weighted by molar-refractivity contribution is 5.92. The molecule has 1 aromatic heterocycles. The molecule has 6 nitrogen and oxygen atoms in total. The van der Waals surface area contributed by atoms with Crippen LogP contribution < -0.4 is 4.74 Å². The van der Waals surface area contributed by atoms with Crippen LogP contribution in [0.1, 0.15) is 107 Å². The number of morpholine rings is 1. The minimum atomic E-state index is -0.382. The Balaban J connectivity index is 1.41. The Morgan fingerprint density at radius 1 is 0.818 bits per heavy atom. The van der Waals surface area contributed by atoms with Gasteiger partial charge in [-0.15, -0.1) is 0 Å². The van der Waals surface area contributed by atoms with Crippen LogP contribution in [0.3, 0.4) is 0 Å². The van der Waals surface area contributed by atoms with Crippen molar-refractivity contribution in [2.45, 2.75) is 96.8 Å². The van der Waals surface area contributed by atoms with Crippen LogP contribution in [0.25, 0.3) is 0 Å². The predicted octanol–water partition coefficient (Wildman–Crippen LogP) is 6.63. The van der Waals surface area contributed by atoms with Crippen molar-refractivity contribution < 1.29 is 23.4 Å². The largest absolute Gasteiger partial charge is 0.489 e. The van der Waals surface area contributed by atoms with Crippen molar-refractivity contribution in [2.24, 2.45) is 0 Å². The van der Waals surface area contributed by atoms with Crippen LogP contribution in [-0.2, 0) is 9.47 Å². The molecule has 33 heavy (non-hydrogen) atoms. The summed E-state index contributed by atoms with van der Waals surface area (Å²) >= 11 is 0. The first-order valence-electron chi connectivity index (χ1n) is 13.5. The number of ether oxygens (including phenoxy) is 3. The number of esters is 1. The fraction of sp³-hybridized carbons (Fsp3) is 0.815. The average molecular weight is 466 g/mol. The summed E-state index contributed by atoms with van der Waals surface area (Å²) in [5.41, 5.74) is 0.377. The van der Waals surface area contributed by atoms with E-state index in [0.717, 1.165) is 45.7 Å². The normalized spacial score (nSPS) is 14.5. The molecule has 190 valence electrons. The summed E-state index contributed by atoms with van der Waals surface area (Å²) in [4.78, 5) is 14.6. The van der Waals surface area contributed by atoms with Gasteiger partial charge in [0, 0.05) is 19.6 Å². The minimum Gasteiger partial charge on any atom is -0.489 e. The zero-order valence-electron chi connectivity index (χ0n) is 21.0. The molecule has 0 aromatic carbocycles. The van der Waals surface area contributed by atoms with Gasteiger partial charge in [0.15, 0.2) is 5.75 Å². The van der Waals surface area contributed by atoms with Gasteiger partial charge < -0.3 is 18.6 Å². The van der Waals surface area contributed by atoms with Gasteiger partial charge in [0.25, 0.3) is 0 Å². The summed E-state index contributed by atoms with van der Waals surface area (Å²) in [6.45, 7) is 7.22. The van der Waals surface area contributed by atoms with Crippen LogP contribution in [0.2, 0.25) is 0 Å². The van der Waals surface area contributed by atoms with Crippen molar-refractivity contribution in [3.63, 3.8) is 0 Å². The Bertz CT molecular complexity index is 597. The first kappa shape index (κ1) is 27.7. The number of carbonyl (C=O) groups is 1. The second-order valence-corrected chi connectivity index (χ2v) is 9.18. The number of unbranched alkanes of at least 4 members (excludes halogenated alkanes) is 13. The molecule has 1 aliphatic rings. The molecule has 0 aliphatic carbocycles. The van der Waals surface area contributed by atoms with Crippen molar-refractivity contribution >= 4 is 5.97 Å². The summed E-state index contributed by atoms with van der Waals surface area (Å²) in [6.07, 6.45) is 21.5. The summed E-state index contributed by atoms with van der Waals surface area (Å²) in [7, 11) is 0. The third kappa shape index (κ3) is 13.1. The van der Waals surface area contributed by atoms with Gasteiger partial charge in [-0.25, -0.2) is 4.79 Å². The van der Waals surface area contributed by atoms with Crippen molar-refractivity contribution in [3.8, 4) is 5.75 Å². The maximum atomic E-state index is 12.3. The lowest BCUT2D eigenvalue weighted by Crippen LogP contribution is -2.38. The van der Waals surface area contributed by atoms with Gasteiger partial charge in [0.2, 0.25) is 0 Å². The van der Waals surface area contributed by atoms with E-state index in [1.54, 1.807) is 0 Å². The molecule has 0 spiro atoms. The topological polar surface area (TPSA) is 61.1 Å². The van der Waals surface area contributed by atoms with E-state index >= 15 is 0 Å². The molecule has 0 bridgehead atoms. The van der Waals surface area contributed by atoms with Gasteiger partial charge in [0.1, 0.15) is 24.7 Å². The molecule has 1 aromatic rings. The van der Waals surface area contributed by atoms with E-state index < -0.39 is 0 Å². The Labute approximate surface area is 201 Å². The van der Waals surface area contributed by atoms with Gasteiger partial charge >= 0.3 is 5.97 Å². The van der Waals surface area contributed by atoms with Gasteiger partial charge in [-0.1, -0.05) is 90.4 Å². The first-order chi connectivity index (χ1) is 16.3. The zero-order valence-corrected chi connectivity index (χ0v) is 21.0. The molecule has 0 atom stereocenters. The van der Waals surface area contributed by atoms with E-state index in [1.165, 1.54) is 89.6 Å². The van der Waals surface area contributed by atoms with Crippen LogP contribution in [0.4, 0.5) is 0 Å². The quantitative estimate of drug-likeness (QED) is 0.159. The lowest BCUT2D eigenvalue weighted by Gasteiger charge is -2.26. The van der Waals surface area contributed by atoms with Gasteiger partial charge in [0.05, 0.1) is 19.8 Å². The van der Waals surface area contributed by atoms with E-state index in [9.17, 15) is 4.79 Å². The van der Waals surface area contributed by atoms with Crippen LogP contribution in [0.15, 0.2) is 16.9 Å². The number of carbonyl (C=O) groups excluding carboxylic acids is 1. The van der Waals surface area contributed by atoms with Gasteiger partial charge in [-0.05, 0) is 6.42 Å². The highest BCUT2D eigenvalue weighted by Gasteiger charge is 2.18. The first-order valence-corrected chi connectivity index (χ1v) is 13.5. The fourth-order valence-corrected chi connectivity index (χ4v) is 4.19. The van der Waals surface area contributed by atoms with E-state index in [2.05, 4.69) is 11.8 Å². The molecule has 2 heterocycles. The van der Waals surface area contributed by atoms with Crippen molar-refractivity contribution in [2.75, 3.05) is 46.1 Å². The average Bonchev–Trinajstić information content (AvgIpc) is 3.31. The maximum absolute atomic E-state index is 12.3. The molecule has 6 heteroatoms. The molecule has 1 saturated heterocycles. The second kappa shape index (κ2) is 18.8. The van der Waals surface area contributed by atoms with Gasteiger partial charge in [-0.3, -0.25) is 4.90 Å². The lowest BCUT2D eigenvalue weighted by molar-refractivity contribution is 0.0194. The number of furan rings is 1. The fourth-order valence-electron chi connectivity index (χ4n) is 4.19. The molecule has 1 fully saturated rings.